The quantitative estimate of drug-likeness (QED) is 0.734. The number of hydrogen-bond donors (Lipinski definition) is 2. The first-order valence-corrected chi connectivity index (χ1v) is 6.73. The van der Waals surface area contributed by atoms with E-state index in [9.17, 15) is 9.90 Å². The highest BCUT2D eigenvalue weighted by Gasteiger charge is 2.08. The molecule has 20 heavy (non-hydrogen) atoms. The Kier molecular flexibility index (Phi) is 7.04. The van der Waals surface area contributed by atoms with Gasteiger partial charge in [-0.25, -0.2) is 0 Å². The largest absolute Gasteiger partial charge is 0.497 e. The van der Waals surface area contributed by atoms with Gasteiger partial charge < -0.3 is 20.1 Å². The molecule has 0 aliphatic heterocycles. The summed E-state index contributed by atoms with van der Waals surface area (Å²) in [7, 11) is 5.39. The number of amides is 1. The molecule has 0 aliphatic rings. The standard InChI is InChI=1S/C15H24N2O3/c1-17(2)11-13(18)10-16-15(19)9-6-12-4-7-14(20-3)8-5-12/h4-5,7-8,13,18H,6,9-11H2,1-3H3,(H,16,19). The van der Waals surface area contributed by atoms with E-state index in [0.717, 1.165) is 11.3 Å². The monoisotopic (exact) mass is 280 g/mol. The summed E-state index contributed by atoms with van der Waals surface area (Å²) >= 11 is 0. The second-order valence-corrected chi connectivity index (χ2v) is 5.07. The molecule has 1 rings (SSSR count). The van der Waals surface area contributed by atoms with Crippen LogP contribution in [-0.2, 0) is 11.2 Å². The molecule has 1 amide bonds. The Bertz CT molecular complexity index is 404. The second-order valence-electron chi connectivity index (χ2n) is 5.07. The summed E-state index contributed by atoms with van der Waals surface area (Å²) in [6, 6.07) is 7.67. The van der Waals surface area contributed by atoms with Crippen molar-refractivity contribution in [1.82, 2.24) is 10.2 Å². The Morgan fingerprint density at radius 2 is 2.00 bits per heavy atom. The van der Waals surface area contributed by atoms with Crippen molar-refractivity contribution in [3.63, 3.8) is 0 Å². The van der Waals surface area contributed by atoms with Crippen molar-refractivity contribution in [2.75, 3.05) is 34.3 Å². The van der Waals surface area contributed by atoms with Gasteiger partial charge in [0.05, 0.1) is 13.2 Å². The SMILES string of the molecule is COc1ccc(CCC(=O)NCC(O)CN(C)C)cc1. The molecule has 0 aliphatic carbocycles. The predicted molar refractivity (Wildman–Crippen MR) is 78.9 cm³/mol. The summed E-state index contributed by atoms with van der Waals surface area (Å²) in [4.78, 5) is 13.6. The van der Waals surface area contributed by atoms with Gasteiger partial charge in [-0.2, -0.15) is 0 Å². The van der Waals surface area contributed by atoms with Crippen molar-refractivity contribution in [3.8, 4) is 5.75 Å². The number of hydrogen-bond acceptors (Lipinski definition) is 4. The van der Waals surface area contributed by atoms with E-state index < -0.39 is 6.10 Å². The molecule has 1 aromatic carbocycles. The smallest absolute Gasteiger partial charge is 0.220 e. The molecule has 5 heteroatoms. The lowest BCUT2D eigenvalue weighted by Crippen LogP contribution is -2.37. The molecule has 2 N–H and O–H groups in total. The minimum absolute atomic E-state index is 0.0429. The van der Waals surface area contributed by atoms with Crippen LogP contribution in [0, 0.1) is 0 Å². The normalized spacial score (nSPS) is 12.2. The van der Waals surface area contributed by atoms with Crippen molar-refractivity contribution in [2.45, 2.75) is 18.9 Å². The number of rotatable bonds is 8. The highest BCUT2D eigenvalue weighted by molar-refractivity contribution is 5.76. The summed E-state index contributed by atoms with van der Waals surface area (Å²) in [6.07, 6.45) is 0.565. The molecule has 0 saturated heterocycles. The van der Waals surface area contributed by atoms with Crippen LogP contribution in [0.1, 0.15) is 12.0 Å². The number of aliphatic hydroxyl groups is 1. The van der Waals surface area contributed by atoms with Gasteiger partial charge >= 0.3 is 0 Å². The fraction of sp³-hybridized carbons (Fsp3) is 0.533. The lowest BCUT2D eigenvalue weighted by atomic mass is 10.1. The van der Waals surface area contributed by atoms with Crippen LogP contribution < -0.4 is 10.1 Å². The Balaban J connectivity index is 2.25. The number of nitrogens with one attached hydrogen (secondary N) is 1. The molecule has 0 saturated carbocycles. The van der Waals surface area contributed by atoms with Gasteiger partial charge in [0.15, 0.2) is 0 Å². The molecule has 112 valence electrons. The van der Waals surface area contributed by atoms with Gasteiger partial charge in [0.25, 0.3) is 0 Å². The average Bonchev–Trinajstić information content (AvgIpc) is 2.42. The number of aryl methyl sites for hydroxylation is 1. The first kappa shape index (κ1) is 16.5. The van der Waals surface area contributed by atoms with Gasteiger partial charge in [0.2, 0.25) is 5.91 Å². The lowest BCUT2D eigenvalue weighted by Gasteiger charge is -2.16. The van der Waals surface area contributed by atoms with Crippen LogP contribution in [0.25, 0.3) is 0 Å². The Morgan fingerprint density at radius 1 is 1.35 bits per heavy atom. The molecule has 1 unspecified atom stereocenters. The second kappa shape index (κ2) is 8.55. The van der Waals surface area contributed by atoms with E-state index in [4.69, 9.17) is 4.74 Å². The Morgan fingerprint density at radius 3 is 2.55 bits per heavy atom. The van der Waals surface area contributed by atoms with E-state index in [1.54, 1.807) is 7.11 Å². The number of aliphatic hydroxyl groups excluding tert-OH is 1. The minimum Gasteiger partial charge on any atom is -0.497 e. The van der Waals surface area contributed by atoms with Gasteiger partial charge in [0.1, 0.15) is 5.75 Å². The fourth-order valence-corrected chi connectivity index (χ4v) is 1.86. The van der Waals surface area contributed by atoms with E-state index in [1.165, 1.54) is 0 Å². The number of methoxy groups -OCH3 is 1. The van der Waals surface area contributed by atoms with E-state index in [2.05, 4.69) is 5.32 Å². The summed E-state index contributed by atoms with van der Waals surface area (Å²) in [5.74, 6) is 0.767. The van der Waals surface area contributed by atoms with Crippen LogP contribution in [0.5, 0.6) is 5.75 Å². The zero-order valence-corrected chi connectivity index (χ0v) is 12.4. The van der Waals surface area contributed by atoms with E-state index in [-0.39, 0.29) is 5.91 Å². The fourth-order valence-electron chi connectivity index (χ4n) is 1.86. The zero-order valence-electron chi connectivity index (χ0n) is 12.4. The molecule has 0 radical (unpaired) electrons. The molecule has 0 aromatic heterocycles. The number of nitrogens with zero attached hydrogens (tertiary/aromatic N) is 1. The maximum absolute atomic E-state index is 11.7. The molecule has 0 spiro atoms. The van der Waals surface area contributed by atoms with Crippen LogP contribution in [-0.4, -0.2) is 56.3 Å². The van der Waals surface area contributed by atoms with Crippen LogP contribution in [0.2, 0.25) is 0 Å². The molecule has 0 heterocycles. The van der Waals surface area contributed by atoms with Gasteiger partial charge in [-0.3, -0.25) is 4.79 Å². The summed E-state index contributed by atoms with van der Waals surface area (Å²) < 4.78 is 5.08. The van der Waals surface area contributed by atoms with Gasteiger partial charge in [-0.15, -0.1) is 0 Å². The number of carbonyl (C=O) groups is 1. The first-order chi connectivity index (χ1) is 9.51. The third-order valence-electron chi connectivity index (χ3n) is 2.91. The molecule has 1 aromatic rings. The van der Waals surface area contributed by atoms with Crippen LogP contribution in [0.3, 0.4) is 0 Å². The van der Waals surface area contributed by atoms with E-state index in [0.29, 0.717) is 25.9 Å². The molecule has 5 nitrogen and oxygen atoms in total. The molecule has 0 bridgehead atoms. The molecular weight excluding hydrogens is 256 g/mol. The third kappa shape index (κ3) is 6.54. The van der Waals surface area contributed by atoms with Crippen molar-refractivity contribution in [1.29, 1.82) is 0 Å². The number of carbonyl (C=O) groups excluding carboxylic acids is 1. The number of ether oxygens (including phenoxy) is 1. The summed E-state index contributed by atoms with van der Waals surface area (Å²) in [6.45, 7) is 0.832. The van der Waals surface area contributed by atoms with Gasteiger partial charge in [0, 0.05) is 19.5 Å². The molecule has 1 atom stereocenters. The average molecular weight is 280 g/mol. The maximum Gasteiger partial charge on any atom is 0.220 e. The Labute approximate surface area is 120 Å². The van der Waals surface area contributed by atoms with E-state index in [1.807, 2.05) is 43.3 Å². The van der Waals surface area contributed by atoms with Crippen LogP contribution in [0.15, 0.2) is 24.3 Å². The molecule has 0 fully saturated rings. The first-order valence-electron chi connectivity index (χ1n) is 6.73. The topological polar surface area (TPSA) is 61.8 Å². The van der Waals surface area contributed by atoms with Gasteiger partial charge in [-0.05, 0) is 38.2 Å². The number of benzene rings is 1. The molecular formula is C15H24N2O3. The third-order valence-corrected chi connectivity index (χ3v) is 2.91. The number of likely N-dealkylation sites (N-methyl/N-ethyl adjacent to an activating group) is 1. The Hall–Kier alpha value is -1.59. The summed E-state index contributed by atoms with van der Waals surface area (Å²) in [5.41, 5.74) is 1.09. The van der Waals surface area contributed by atoms with Crippen molar-refractivity contribution in [2.24, 2.45) is 0 Å². The highest BCUT2D eigenvalue weighted by atomic mass is 16.5. The van der Waals surface area contributed by atoms with Crippen LogP contribution >= 0.6 is 0 Å². The van der Waals surface area contributed by atoms with Crippen molar-refractivity contribution >= 4 is 5.91 Å². The van der Waals surface area contributed by atoms with Crippen LogP contribution in [0.4, 0.5) is 0 Å². The lowest BCUT2D eigenvalue weighted by molar-refractivity contribution is -0.121. The van der Waals surface area contributed by atoms with Gasteiger partial charge in [-0.1, -0.05) is 12.1 Å². The maximum atomic E-state index is 11.7. The summed E-state index contributed by atoms with van der Waals surface area (Å²) in [5, 5.41) is 12.4. The van der Waals surface area contributed by atoms with E-state index >= 15 is 0 Å². The minimum atomic E-state index is -0.532. The zero-order chi connectivity index (χ0) is 15.0. The highest BCUT2D eigenvalue weighted by Crippen LogP contribution is 2.12. The predicted octanol–water partition coefficient (Wildman–Crippen LogP) is 0.666. The van der Waals surface area contributed by atoms with Crippen molar-refractivity contribution < 1.29 is 14.6 Å². The van der Waals surface area contributed by atoms with Crippen molar-refractivity contribution in [3.05, 3.63) is 29.8 Å².